The van der Waals surface area contributed by atoms with Crippen molar-refractivity contribution in [3.63, 3.8) is 0 Å². The van der Waals surface area contributed by atoms with Gasteiger partial charge in [-0.25, -0.2) is 13.1 Å². The smallest absolute Gasteiger partial charge is 0.240 e. The number of carbonyl (C=O) groups is 1. The summed E-state index contributed by atoms with van der Waals surface area (Å²) in [6.45, 7) is 0.381. The van der Waals surface area contributed by atoms with Gasteiger partial charge in [-0.15, -0.1) is 0 Å². The molecule has 1 aliphatic carbocycles. The van der Waals surface area contributed by atoms with Gasteiger partial charge < -0.3 is 10.1 Å². The first-order valence-corrected chi connectivity index (χ1v) is 12.0. The second-order valence-corrected chi connectivity index (χ2v) is 9.69. The molecule has 8 heteroatoms. The van der Waals surface area contributed by atoms with Crippen molar-refractivity contribution in [2.24, 2.45) is 0 Å². The lowest BCUT2D eigenvalue weighted by Crippen LogP contribution is -2.30. The molecule has 3 rings (SSSR count). The van der Waals surface area contributed by atoms with Gasteiger partial charge in [-0.2, -0.15) is 0 Å². The third-order valence-electron chi connectivity index (χ3n) is 4.81. The van der Waals surface area contributed by atoms with Crippen molar-refractivity contribution in [2.75, 3.05) is 6.54 Å². The van der Waals surface area contributed by atoms with Crippen LogP contribution in [0.5, 0.6) is 5.75 Å². The van der Waals surface area contributed by atoms with E-state index in [4.69, 9.17) is 4.74 Å². The van der Waals surface area contributed by atoms with E-state index in [2.05, 4.69) is 26.0 Å². The van der Waals surface area contributed by atoms with Gasteiger partial charge in [0.15, 0.2) is 0 Å². The van der Waals surface area contributed by atoms with Crippen LogP contribution in [0.25, 0.3) is 0 Å². The molecule has 0 atom stereocenters. The van der Waals surface area contributed by atoms with Crippen LogP contribution in [-0.2, 0) is 21.4 Å². The molecule has 0 radical (unpaired) electrons. The number of ether oxygens (including phenoxy) is 1. The summed E-state index contributed by atoms with van der Waals surface area (Å²) in [7, 11) is -3.63. The van der Waals surface area contributed by atoms with E-state index >= 15 is 0 Å². The average Bonchev–Trinajstić information content (AvgIpc) is 3.20. The maximum absolute atomic E-state index is 12.2. The molecule has 1 aliphatic rings. The molecule has 156 valence electrons. The zero-order valence-corrected chi connectivity index (χ0v) is 18.5. The number of hydrogen-bond acceptors (Lipinski definition) is 4. The van der Waals surface area contributed by atoms with Crippen LogP contribution in [0.3, 0.4) is 0 Å². The SMILES string of the molecule is O=C(CCNS(=O)(=O)c1ccc(Br)cc1)NCc1ccccc1OC1CCCC1. The number of rotatable bonds is 9. The summed E-state index contributed by atoms with van der Waals surface area (Å²) in [6.07, 6.45) is 4.83. The van der Waals surface area contributed by atoms with Gasteiger partial charge in [0.1, 0.15) is 5.75 Å². The number of halogens is 1. The summed E-state index contributed by atoms with van der Waals surface area (Å²) in [6, 6.07) is 14.0. The molecule has 6 nitrogen and oxygen atoms in total. The van der Waals surface area contributed by atoms with E-state index in [-0.39, 0.29) is 29.9 Å². The second kappa shape index (κ2) is 10.2. The molecule has 2 aromatic carbocycles. The molecule has 29 heavy (non-hydrogen) atoms. The molecule has 0 saturated heterocycles. The molecule has 0 unspecified atom stereocenters. The Kier molecular flexibility index (Phi) is 7.69. The van der Waals surface area contributed by atoms with Gasteiger partial charge in [0, 0.05) is 29.5 Å². The molecule has 1 amide bonds. The lowest BCUT2D eigenvalue weighted by atomic mass is 10.2. The number of para-hydroxylation sites is 1. The van der Waals surface area contributed by atoms with E-state index in [1.165, 1.54) is 25.0 Å². The summed E-state index contributed by atoms with van der Waals surface area (Å²) >= 11 is 3.27. The Labute approximate surface area is 180 Å². The number of hydrogen-bond donors (Lipinski definition) is 2. The van der Waals surface area contributed by atoms with Crippen LogP contribution in [0.4, 0.5) is 0 Å². The minimum Gasteiger partial charge on any atom is -0.490 e. The normalized spacial score (nSPS) is 14.7. The molecule has 2 N–H and O–H groups in total. The van der Waals surface area contributed by atoms with Gasteiger partial charge in [0.2, 0.25) is 15.9 Å². The van der Waals surface area contributed by atoms with Crippen LogP contribution in [0.15, 0.2) is 57.9 Å². The summed E-state index contributed by atoms with van der Waals surface area (Å²) in [5.41, 5.74) is 0.920. The van der Waals surface area contributed by atoms with Gasteiger partial charge in [-0.05, 0) is 56.0 Å². The highest BCUT2D eigenvalue weighted by atomic mass is 79.9. The molecule has 2 aromatic rings. The Bertz CT molecular complexity index is 926. The minimum absolute atomic E-state index is 0.0322. The van der Waals surface area contributed by atoms with E-state index in [1.807, 2.05) is 24.3 Å². The van der Waals surface area contributed by atoms with Crippen molar-refractivity contribution >= 4 is 31.9 Å². The van der Waals surface area contributed by atoms with Gasteiger partial charge >= 0.3 is 0 Å². The first-order chi connectivity index (χ1) is 13.9. The van der Waals surface area contributed by atoms with Crippen LogP contribution < -0.4 is 14.8 Å². The van der Waals surface area contributed by atoms with Gasteiger partial charge in [-0.3, -0.25) is 4.79 Å². The quantitative estimate of drug-likeness (QED) is 0.572. The molecule has 0 aromatic heterocycles. The third-order valence-corrected chi connectivity index (χ3v) is 6.82. The van der Waals surface area contributed by atoms with Crippen molar-refractivity contribution in [3.05, 3.63) is 58.6 Å². The Morgan fingerprint density at radius 3 is 2.48 bits per heavy atom. The monoisotopic (exact) mass is 480 g/mol. The lowest BCUT2D eigenvalue weighted by molar-refractivity contribution is -0.121. The summed E-state index contributed by atoms with van der Waals surface area (Å²) in [5.74, 6) is 0.579. The molecule has 0 spiro atoms. The largest absolute Gasteiger partial charge is 0.490 e. The fourth-order valence-electron chi connectivity index (χ4n) is 3.23. The number of nitrogens with one attached hydrogen (secondary N) is 2. The molecular formula is C21H25BrN2O4S. The average molecular weight is 481 g/mol. The van der Waals surface area contributed by atoms with Crippen molar-refractivity contribution in [2.45, 2.75) is 49.6 Å². The van der Waals surface area contributed by atoms with Crippen molar-refractivity contribution in [1.82, 2.24) is 10.0 Å². The third kappa shape index (κ3) is 6.55. The van der Waals surface area contributed by atoms with E-state index in [0.29, 0.717) is 6.54 Å². The van der Waals surface area contributed by atoms with Gasteiger partial charge in [-0.1, -0.05) is 34.1 Å². The zero-order valence-electron chi connectivity index (χ0n) is 16.1. The predicted molar refractivity (Wildman–Crippen MR) is 115 cm³/mol. The first-order valence-electron chi connectivity index (χ1n) is 9.70. The fraction of sp³-hybridized carbons (Fsp3) is 0.381. The minimum atomic E-state index is -3.63. The molecule has 1 saturated carbocycles. The maximum atomic E-state index is 12.2. The van der Waals surface area contributed by atoms with Crippen molar-refractivity contribution in [3.8, 4) is 5.75 Å². The molecule has 0 aliphatic heterocycles. The summed E-state index contributed by atoms with van der Waals surface area (Å²) in [4.78, 5) is 12.3. The highest BCUT2D eigenvalue weighted by Crippen LogP contribution is 2.26. The summed E-state index contributed by atoms with van der Waals surface area (Å²) < 4.78 is 33.8. The standard InChI is InChI=1S/C21H25BrN2O4S/c22-17-9-11-19(12-10-17)29(26,27)24-14-13-21(25)23-15-16-5-1-4-8-20(16)28-18-6-2-3-7-18/h1,4-5,8-12,18,24H,2-3,6-7,13-15H2,(H,23,25). The summed E-state index contributed by atoms with van der Waals surface area (Å²) in [5, 5.41) is 2.84. The van der Waals surface area contributed by atoms with Gasteiger partial charge in [0.05, 0.1) is 11.0 Å². The Hall–Kier alpha value is -1.90. The van der Waals surface area contributed by atoms with Crippen LogP contribution in [0.2, 0.25) is 0 Å². The highest BCUT2D eigenvalue weighted by Gasteiger charge is 2.18. The molecule has 0 bridgehead atoms. The number of carbonyl (C=O) groups excluding carboxylic acids is 1. The fourth-order valence-corrected chi connectivity index (χ4v) is 4.52. The maximum Gasteiger partial charge on any atom is 0.240 e. The van der Waals surface area contributed by atoms with E-state index in [0.717, 1.165) is 28.6 Å². The molecular weight excluding hydrogens is 456 g/mol. The number of amides is 1. The van der Waals surface area contributed by atoms with E-state index < -0.39 is 10.0 Å². The topological polar surface area (TPSA) is 84.5 Å². The number of benzene rings is 2. The zero-order chi connectivity index (χ0) is 20.7. The van der Waals surface area contributed by atoms with Crippen LogP contribution >= 0.6 is 15.9 Å². The first kappa shape index (κ1) is 21.8. The van der Waals surface area contributed by atoms with Crippen molar-refractivity contribution < 1.29 is 17.9 Å². The van der Waals surface area contributed by atoms with Gasteiger partial charge in [0.25, 0.3) is 0 Å². The molecule has 0 heterocycles. The molecule has 1 fully saturated rings. The van der Waals surface area contributed by atoms with Crippen molar-refractivity contribution in [1.29, 1.82) is 0 Å². The van der Waals surface area contributed by atoms with Crippen LogP contribution in [0.1, 0.15) is 37.7 Å². The highest BCUT2D eigenvalue weighted by molar-refractivity contribution is 9.10. The Balaban J connectivity index is 1.46. The lowest BCUT2D eigenvalue weighted by Gasteiger charge is -2.16. The predicted octanol–water partition coefficient (Wildman–Crippen LogP) is 3.76. The second-order valence-electron chi connectivity index (χ2n) is 7.01. The Morgan fingerprint density at radius 2 is 1.76 bits per heavy atom. The van der Waals surface area contributed by atoms with Crippen LogP contribution in [0, 0.1) is 0 Å². The number of sulfonamides is 1. The van der Waals surface area contributed by atoms with E-state index in [1.54, 1.807) is 12.1 Å². The Morgan fingerprint density at radius 1 is 1.07 bits per heavy atom. The van der Waals surface area contributed by atoms with Crippen LogP contribution in [-0.4, -0.2) is 27.0 Å². The van der Waals surface area contributed by atoms with E-state index in [9.17, 15) is 13.2 Å².